The summed E-state index contributed by atoms with van der Waals surface area (Å²) in [5, 5.41) is 26.1. The molecule has 4 aliphatic rings. The largest absolute Gasteiger partial charge is 0.458 e. The highest BCUT2D eigenvalue weighted by molar-refractivity contribution is 6.32. The molecule has 2 aliphatic carbocycles. The van der Waals surface area contributed by atoms with Crippen LogP contribution in [-0.2, 0) is 52.5 Å². The van der Waals surface area contributed by atoms with Gasteiger partial charge in [-0.25, -0.2) is 9.78 Å². The molecule has 7 rings (SSSR count). The molecule has 10 heteroatoms. The van der Waals surface area contributed by atoms with E-state index in [2.05, 4.69) is 5.32 Å². The molecule has 9 nitrogen and oxygen atoms in total. The zero-order chi connectivity index (χ0) is 27.2. The van der Waals surface area contributed by atoms with E-state index in [4.69, 9.17) is 21.3 Å². The maximum Gasteiger partial charge on any atom is 0.343 e. The Hall–Kier alpha value is -3.27. The number of cyclic esters (lactones) is 1. The first-order chi connectivity index (χ1) is 18.7. The molecule has 1 amide bonds. The number of aryl methyl sites for hydroxylation is 1. The fourth-order valence-corrected chi connectivity index (χ4v) is 6.83. The van der Waals surface area contributed by atoms with Gasteiger partial charge in [0.1, 0.15) is 12.7 Å². The number of benzene rings is 1. The highest BCUT2D eigenvalue weighted by Crippen LogP contribution is 2.43. The summed E-state index contributed by atoms with van der Waals surface area (Å²) in [6.07, 6.45) is 3.37. The third-order valence-electron chi connectivity index (χ3n) is 8.89. The lowest BCUT2D eigenvalue weighted by atomic mass is 9.86. The Morgan fingerprint density at radius 3 is 2.74 bits per heavy atom. The summed E-state index contributed by atoms with van der Waals surface area (Å²) in [6.45, 7) is 1.86. The SMILES string of the molecule is CC[C@@]1(O)C(=O)OCc2c1cc1n(c2=O)Cc2c-1nc1cc(Cl)c3c(c1c2CNC(=O)C(O)C1CC1)CCC3. The van der Waals surface area contributed by atoms with Crippen molar-refractivity contribution in [2.75, 3.05) is 0 Å². The molecule has 2 aromatic heterocycles. The van der Waals surface area contributed by atoms with Crippen LogP contribution in [0.5, 0.6) is 0 Å². The van der Waals surface area contributed by atoms with E-state index in [0.29, 0.717) is 21.9 Å². The molecule has 39 heavy (non-hydrogen) atoms. The van der Waals surface area contributed by atoms with Crippen LogP contribution in [-0.4, -0.2) is 37.7 Å². The van der Waals surface area contributed by atoms with E-state index in [0.717, 1.165) is 59.7 Å². The van der Waals surface area contributed by atoms with Gasteiger partial charge in [-0.05, 0) is 73.3 Å². The Balaban J connectivity index is 1.43. The second-order valence-corrected chi connectivity index (χ2v) is 11.5. The number of ether oxygens (including phenoxy) is 1. The van der Waals surface area contributed by atoms with Gasteiger partial charge in [-0.3, -0.25) is 9.59 Å². The van der Waals surface area contributed by atoms with Crippen LogP contribution >= 0.6 is 11.6 Å². The van der Waals surface area contributed by atoms with Crippen molar-refractivity contribution in [3.8, 4) is 11.4 Å². The minimum Gasteiger partial charge on any atom is -0.458 e. The predicted molar refractivity (Wildman–Crippen MR) is 142 cm³/mol. The Bertz CT molecular complexity index is 1680. The number of aliphatic hydroxyl groups excluding tert-OH is 1. The number of halogens is 1. The topological polar surface area (TPSA) is 131 Å². The number of hydrogen-bond acceptors (Lipinski definition) is 7. The highest BCUT2D eigenvalue weighted by atomic mass is 35.5. The maximum absolute atomic E-state index is 13.7. The molecule has 1 fully saturated rings. The molecular formula is C29H28ClN3O6. The van der Waals surface area contributed by atoms with Crippen LogP contribution in [0.1, 0.15) is 66.0 Å². The average molecular weight is 550 g/mol. The number of fused-ring (bicyclic) bond motifs is 7. The van der Waals surface area contributed by atoms with Crippen molar-refractivity contribution >= 4 is 34.4 Å². The van der Waals surface area contributed by atoms with Crippen LogP contribution in [0.15, 0.2) is 16.9 Å². The van der Waals surface area contributed by atoms with E-state index in [1.807, 2.05) is 6.07 Å². The Morgan fingerprint density at radius 1 is 1.23 bits per heavy atom. The van der Waals surface area contributed by atoms with Gasteiger partial charge in [0.25, 0.3) is 5.56 Å². The van der Waals surface area contributed by atoms with Gasteiger partial charge in [0.15, 0.2) is 5.60 Å². The number of nitrogens with zero attached hydrogens (tertiary/aromatic N) is 2. The summed E-state index contributed by atoms with van der Waals surface area (Å²) in [6, 6.07) is 3.52. The minimum atomic E-state index is -1.91. The molecule has 1 aromatic carbocycles. The number of nitrogens with one attached hydrogen (secondary N) is 1. The van der Waals surface area contributed by atoms with E-state index >= 15 is 0 Å². The lowest BCUT2D eigenvalue weighted by Gasteiger charge is -2.31. The smallest absolute Gasteiger partial charge is 0.343 e. The van der Waals surface area contributed by atoms with Crippen LogP contribution in [0.4, 0.5) is 0 Å². The quantitative estimate of drug-likeness (QED) is 0.326. The molecule has 3 aromatic rings. The van der Waals surface area contributed by atoms with Crippen molar-refractivity contribution in [2.24, 2.45) is 5.92 Å². The molecule has 2 atom stereocenters. The molecule has 4 heterocycles. The third-order valence-corrected chi connectivity index (χ3v) is 9.23. The molecule has 2 aliphatic heterocycles. The van der Waals surface area contributed by atoms with E-state index < -0.39 is 23.6 Å². The van der Waals surface area contributed by atoms with Gasteiger partial charge in [0.05, 0.1) is 29.0 Å². The number of carbonyl (C=O) groups is 2. The van der Waals surface area contributed by atoms with E-state index in [1.165, 1.54) is 0 Å². The summed E-state index contributed by atoms with van der Waals surface area (Å²) in [4.78, 5) is 44.0. The number of pyridine rings is 2. The van der Waals surface area contributed by atoms with Crippen molar-refractivity contribution in [1.82, 2.24) is 14.9 Å². The van der Waals surface area contributed by atoms with Gasteiger partial charge < -0.3 is 24.8 Å². The lowest BCUT2D eigenvalue weighted by Crippen LogP contribution is -2.44. The second kappa shape index (κ2) is 8.61. The van der Waals surface area contributed by atoms with Crippen LogP contribution in [0, 0.1) is 5.92 Å². The number of hydrogen-bond donors (Lipinski definition) is 3. The predicted octanol–water partition coefficient (Wildman–Crippen LogP) is 2.61. The summed E-state index contributed by atoms with van der Waals surface area (Å²) >= 11 is 6.67. The van der Waals surface area contributed by atoms with Crippen molar-refractivity contribution in [1.29, 1.82) is 0 Å². The maximum atomic E-state index is 13.7. The van der Waals surface area contributed by atoms with Crippen LogP contribution in [0.2, 0.25) is 5.02 Å². The molecule has 1 unspecified atom stereocenters. The van der Waals surface area contributed by atoms with E-state index in [1.54, 1.807) is 17.6 Å². The molecule has 3 N–H and O–H groups in total. The van der Waals surface area contributed by atoms with Crippen LogP contribution in [0.25, 0.3) is 22.3 Å². The van der Waals surface area contributed by atoms with E-state index in [-0.39, 0.29) is 48.7 Å². The Labute approximate surface area is 228 Å². The zero-order valence-corrected chi connectivity index (χ0v) is 22.2. The van der Waals surface area contributed by atoms with Gasteiger partial charge >= 0.3 is 5.97 Å². The van der Waals surface area contributed by atoms with Crippen LogP contribution < -0.4 is 10.9 Å². The number of esters is 1. The summed E-state index contributed by atoms with van der Waals surface area (Å²) in [5.41, 5.74) is 3.81. The molecule has 1 saturated carbocycles. The van der Waals surface area contributed by atoms with Crippen molar-refractivity contribution in [3.63, 3.8) is 0 Å². The first kappa shape index (κ1) is 24.7. The van der Waals surface area contributed by atoms with Crippen molar-refractivity contribution in [3.05, 3.63) is 60.9 Å². The fraction of sp³-hybridized carbons (Fsp3) is 0.448. The van der Waals surface area contributed by atoms with Gasteiger partial charge in [0.2, 0.25) is 5.91 Å². The average Bonchev–Trinajstić information content (AvgIpc) is 3.54. The van der Waals surface area contributed by atoms with Gasteiger partial charge in [-0.15, -0.1) is 0 Å². The standard InChI is InChI=1S/C29H28ClN3O6/c1-2-29(38)19-8-22-24-17(11-33(22)27(36)18(19)12-39-28(29)37)16(10-31-26(35)25(34)13-6-7-13)23-15-5-3-4-14(15)20(30)9-21(23)32-24/h8-9,13,25,34,38H,2-7,10-12H2,1H3,(H,31,35)/t25?,29-/m0/s1. The Kier molecular flexibility index (Phi) is 5.47. The highest BCUT2D eigenvalue weighted by Gasteiger charge is 2.45. The van der Waals surface area contributed by atoms with Crippen molar-refractivity contribution < 1.29 is 24.5 Å². The lowest BCUT2D eigenvalue weighted by molar-refractivity contribution is -0.172. The molecule has 0 radical (unpaired) electrons. The van der Waals surface area contributed by atoms with E-state index in [9.17, 15) is 24.6 Å². The molecule has 0 saturated heterocycles. The number of amides is 1. The zero-order valence-electron chi connectivity index (χ0n) is 21.5. The normalized spacial score (nSPS) is 21.7. The fourth-order valence-electron chi connectivity index (χ4n) is 6.52. The van der Waals surface area contributed by atoms with Crippen LogP contribution in [0.3, 0.4) is 0 Å². The molecular weight excluding hydrogens is 522 g/mol. The van der Waals surface area contributed by atoms with Gasteiger partial charge in [-0.2, -0.15) is 0 Å². The summed E-state index contributed by atoms with van der Waals surface area (Å²) in [7, 11) is 0. The Morgan fingerprint density at radius 2 is 2.00 bits per heavy atom. The van der Waals surface area contributed by atoms with Gasteiger partial charge in [-0.1, -0.05) is 18.5 Å². The molecule has 202 valence electrons. The van der Waals surface area contributed by atoms with Gasteiger partial charge in [0, 0.05) is 28.1 Å². The first-order valence-electron chi connectivity index (χ1n) is 13.5. The minimum absolute atomic E-state index is 0.00403. The monoisotopic (exact) mass is 549 g/mol. The second-order valence-electron chi connectivity index (χ2n) is 11.1. The first-order valence-corrected chi connectivity index (χ1v) is 13.9. The number of aliphatic hydroxyl groups is 2. The number of aromatic nitrogens is 2. The molecule has 0 spiro atoms. The molecule has 0 bridgehead atoms. The summed E-state index contributed by atoms with van der Waals surface area (Å²) in [5.74, 6) is -1.18. The van der Waals surface area contributed by atoms with Crippen molar-refractivity contribution in [2.45, 2.75) is 76.9 Å². The number of carbonyl (C=O) groups excluding carboxylic acids is 2. The third kappa shape index (κ3) is 3.53. The summed E-state index contributed by atoms with van der Waals surface area (Å²) < 4.78 is 6.78. The number of rotatable bonds is 5.